The molecule has 0 saturated heterocycles. The van der Waals surface area contributed by atoms with Crippen molar-refractivity contribution in [2.45, 2.75) is 31.4 Å². The third-order valence-electron chi connectivity index (χ3n) is 4.44. The lowest BCUT2D eigenvalue weighted by Gasteiger charge is -2.14. The van der Waals surface area contributed by atoms with Gasteiger partial charge in [-0.25, -0.2) is 0 Å². The van der Waals surface area contributed by atoms with Crippen molar-refractivity contribution in [1.29, 1.82) is 0 Å². The van der Waals surface area contributed by atoms with Gasteiger partial charge in [-0.05, 0) is 31.4 Å². The Hall–Kier alpha value is -2.99. The van der Waals surface area contributed by atoms with Gasteiger partial charge in [0.15, 0.2) is 5.82 Å². The molecule has 0 aliphatic heterocycles. The number of para-hydroxylation sites is 1. The van der Waals surface area contributed by atoms with Crippen LogP contribution in [0.3, 0.4) is 0 Å². The van der Waals surface area contributed by atoms with Crippen molar-refractivity contribution < 1.29 is 5.11 Å². The number of aliphatic hydroxyl groups excluding tert-OH is 1. The first-order valence-corrected chi connectivity index (χ1v) is 8.84. The fraction of sp³-hybridized carbons (Fsp3) is 0.250. The molecule has 1 unspecified atom stereocenters. The Labute approximate surface area is 152 Å². The Balaban J connectivity index is 1.65. The lowest BCUT2D eigenvalue weighted by molar-refractivity contribution is 0.182. The fourth-order valence-corrected chi connectivity index (χ4v) is 3.13. The van der Waals surface area contributed by atoms with E-state index in [0.717, 1.165) is 24.1 Å². The first-order valence-electron chi connectivity index (χ1n) is 8.84. The molecule has 2 atom stereocenters. The zero-order chi connectivity index (χ0) is 17.8. The first kappa shape index (κ1) is 16.5. The Morgan fingerprint density at radius 2 is 1.50 bits per heavy atom. The molecular weight excluding hydrogens is 326 g/mol. The molecule has 26 heavy (non-hydrogen) atoms. The predicted molar refractivity (Wildman–Crippen MR) is 102 cm³/mol. The van der Waals surface area contributed by atoms with Crippen LogP contribution in [0.4, 0.5) is 17.6 Å². The van der Waals surface area contributed by atoms with Crippen LogP contribution in [0, 0.1) is 0 Å². The topological polar surface area (TPSA) is 83.0 Å². The number of aliphatic hydroxyl groups is 1. The van der Waals surface area contributed by atoms with Crippen LogP contribution >= 0.6 is 0 Å². The maximum absolute atomic E-state index is 9.75. The Kier molecular flexibility index (Phi) is 4.75. The Bertz CT molecular complexity index is 857. The van der Waals surface area contributed by atoms with E-state index in [1.807, 2.05) is 60.7 Å². The molecule has 1 fully saturated rings. The van der Waals surface area contributed by atoms with Crippen LogP contribution in [0.15, 0.2) is 60.7 Å². The lowest BCUT2D eigenvalue weighted by Crippen LogP contribution is -2.19. The summed E-state index contributed by atoms with van der Waals surface area (Å²) < 4.78 is 0. The molecule has 3 aromatic rings. The standard InChI is InChI=1S/C20H21N5O/c26-17-12-11-16(13-17)22-20-24-18(14-7-3-1-4-8-14)23-19(25-20)21-15-9-5-2-6-10-15/h1-10,16-17,26H,11-13H2,(H2,21,22,23,24,25)/t16?,17-/m1/s1. The molecule has 132 valence electrons. The minimum absolute atomic E-state index is 0.181. The third-order valence-corrected chi connectivity index (χ3v) is 4.44. The fourth-order valence-electron chi connectivity index (χ4n) is 3.13. The summed E-state index contributed by atoms with van der Waals surface area (Å²) in [6.45, 7) is 0. The van der Waals surface area contributed by atoms with Gasteiger partial charge in [0.2, 0.25) is 11.9 Å². The molecule has 0 spiro atoms. The van der Waals surface area contributed by atoms with E-state index in [4.69, 9.17) is 0 Å². The monoisotopic (exact) mass is 347 g/mol. The summed E-state index contributed by atoms with van der Waals surface area (Å²) in [5, 5.41) is 16.3. The van der Waals surface area contributed by atoms with Gasteiger partial charge in [-0.3, -0.25) is 0 Å². The number of nitrogens with zero attached hydrogens (tertiary/aromatic N) is 3. The number of aromatic nitrogens is 3. The Morgan fingerprint density at radius 3 is 2.19 bits per heavy atom. The number of rotatable bonds is 5. The van der Waals surface area contributed by atoms with Crippen molar-refractivity contribution in [3.8, 4) is 11.4 Å². The summed E-state index contributed by atoms with van der Waals surface area (Å²) in [5.74, 6) is 1.63. The summed E-state index contributed by atoms with van der Waals surface area (Å²) >= 11 is 0. The van der Waals surface area contributed by atoms with Gasteiger partial charge in [0.25, 0.3) is 0 Å². The van der Waals surface area contributed by atoms with Gasteiger partial charge in [-0.2, -0.15) is 15.0 Å². The summed E-state index contributed by atoms with van der Waals surface area (Å²) in [4.78, 5) is 13.7. The SMILES string of the molecule is O[C@@H]1CCC(Nc2nc(Nc3ccccc3)nc(-c3ccccc3)n2)C1. The maximum Gasteiger partial charge on any atom is 0.232 e. The highest BCUT2D eigenvalue weighted by Gasteiger charge is 2.23. The highest BCUT2D eigenvalue weighted by atomic mass is 16.3. The second kappa shape index (κ2) is 7.49. The van der Waals surface area contributed by atoms with E-state index in [0.29, 0.717) is 24.1 Å². The van der Waals surface area contributed by atoms with E-state index in [1.54, 1.807) is 0 Å². The van der Waals surface area contributed by atoms with Gasteiger partial charge in [0.1, 0.15) is 0 Å². The van der Waals surface area contributed by atoms with Crippen LogP contribution < -0.4 is 10.6 Å². The molecule has 1 heterocycles. The number of hydrogen-bond acceptors (Lipinski definition) is 6. The van der Waals surface area contributed by atoms with Crippen LogP contribution in [0.1, 0.15) is 19.3 Å². The van der Waals surface area contributed by atoms with Gasteiger partial charge in [-0.1, -0.05) is 48.5 Å². The quantitative estimate of drug-likeness (QED) is 0.654. The van der Waals surface area contributed by atoms with E-state index < -0.39 is 0 Å². The zero-order valence-electron chi connectivity index (χ0n) is 14.3. The van der Waals surface area contributed by atoms with E-state index in [-0.39, 0.29) is 12.1 Å². The second-order valence-corrected chi connectivity index (χ2v) is 6.47. The smallest absolute Gasteiger partial charge is 0.232 e. The number of benzene rings is 2. The molecule has 1 aromatic heterocycles. The van der Waals surface area contributed by atoms with Crippen LogP contribution in [0.25, 0.3) is 11.4 Å². The van der Waals surface area contributed by atoms with E-state index in [9.17, 15) is 5.11 Å². The number of nitrogens with one attached hydrogen (secondary N) is 2. The lowest BCUT2D eigenvalue weighted by atomic mass is 10.2. The van der Waals surface area contributed by atoms with Gasteiger partial charge in [-0.15, -0.1) is 0 Å². The highest BCUT2D eigenvalue weighted by Crippen LogP contribution is 2.24. The third kappa shape index (κ3) is 3.97. The molecule has 6 heteroatoms. The average Bonchev–Trinajstić information content (AvgIpc) is 3.08. The molecule has 1 aliphatic rings. The molecule has 4 rings (SSSR count). The average molecular weight is 347 g/mol. The van der Waals surface area contributed by atoms with Crippen molar-refractivity contribution in [1.82, 2.24) is 15.0 Å². The first-order chi connectivity index (χ1) is 12.8. The van der Waals surface area contributed by atoms with Crippen LogP contribution in [-0.2, 0) is 0 Å². The van der Waals surface area contributed by atoms with E-state index >= 15 is 0 Å². The summed E-state index contributed by atoms with van der Waals surface area (Å²) in [7, 11) is 0. The minimum Gasteiger partial charge on any atom is -0.393 e. The molecule has 1 saturated carbocycles. The van der Waals surface area contributed by atoms with Crippen LogP contribution in [0.2, 0.25) is 0 Å². The summed E-state index contributed by atoms with van der Waals surface area (Å²) in [6.07, 6.45) is 2.19. The largest absolute Gasteiger partial charge is 0.393 e. The van der Waals surface area contributed by atoms with Crippen molar-refractivity contribution in [3.63, 3.8) is 0 Å². The molecule has 0 amide bonds. The number of hydrogen-bond donors (Lipinski definition) is 3. The van der Waals surface area contributed by atoms with Gasteiger partial charge in [0.05, 0.1) is 6.10 Å². The van der Waals surface area contributed by atoms with Gasteiger partial charge >= 0.3 is 0 Å². The normalized spacial score (nSPS) is 19.3. The summed E-state index contributed by atoms with van der Waals surface area (Å²) in [6, 6.07) is 19.8. The van der Waals surface area contributed by atoms with Gasteiger partial charge in [0, 0.05) is 17.3 Å². The second-order valence-electron chi connectivity index (χ2n) is 6.47. The molecule has 2 aromatic carbocycles. The predicted octanol–water partition coefficient (Wildman–Crippen LogP) is 3.61. The van der Waals surface area contributed by atoms with Crippen molar-refractivity contribution >= 4 is 17.6 Å². The van der Waals surface area contributed by atoms with Gasteiger partial charge < -0.3 is 15.7 Å². The molecule has 6 nitrogen and oxygen atoms in total. The zero-order valence-corrected chi connectivity index (χ0v) is 14.3. The van der Waals surface area contributed by atoms with E-state index in [2.05, 4.69) is 25.6 Å². The summed E-state index contributed by atoms with van der Waals surface area (Å²) in [5.41, 5.74) is 1.85. The Morgan fingerprint density at radius 1 is 0.808 bits per heavy atom. The number of anilines is 3. The van der Waals surface area contributed by atoms with Crippen LogP contribution in [-0.4, -0.2) is 32.2 Å². The molecular formula is C20H21N5O. The van der Waals surface area contributed by atoms with Crippen LogP contribution in [0.5, 0.6) is 0 Å². The van der Waals surface area contributed by atoms with E-state index in [1.165, 1.54) is 0 Å². The molecule has 3 N–H and O–H groups in total. The van der Waals surface area contributed by atoms with Crippen molar-refractivity contribution in [2.24, 2.45) is 0 Å². The molecule has 0 radical (unpaired) electrons. The maximum atomic E-state index is 9.75. The molecule has 0 bridgehead atoms. The van der Waals surface area contributed by atoms with Crippen molar-refractivity contribution in [3.05, 3.63) is 60.7 Å². The highest BCUT2D eigenvalue weighted by molar-refractivity contribution is 5.60. The van der Waals surface area contributed by atoms with Crippen molar-refractivity contribution in [2.75, 3.05) is 10.6 Å². The minimum atomic E-state index is -0.246. The molecule has 1 aliphatic carbocycles.